The fraction of sp³-hybridized carbons (Fsp3) is 0.773. The fourth-order valence-corrected chi connectivity index (χ4v) is 5.05. The second-order valence-electron chi connectivity index (χ2n) is 8.46. The lowest BCUT2D eigenvalue weighted by atomic mass is 9.92. The summed E-state index contributed by atoms with van der Waals surface area (Å²) in [6.45, 7) is 15.3. The van der Waals surface area contributed by atoms with Gasteiger partial charge in [-0.3, -0.25) is 4.99 Å². The predicted octanol–water partition coefficient (Wildman–Crippen LogP) is 3.61. The summed E-state index contributed by atoms with van der Waals surface area (Å²) in [5, 5.41) is 7.62. The van der Waals surface area contributed by atoms with E-state index in [2.05, 4.69) is 39.4 Å². The molecule has 7 nitrogen and oxygen atoms in total. The van der Waals surface area contributed by atoms with Crippen LogP contribution in [0.25, 0.3) is 0 Å². The molecule has 8 heteroatoms. The second kappa shape index (κ2) is 12.2. The molecule has 0 aliphatic carbocycles. The third-order valence-corrected chi connectivity index (χ3v) is 6.68. The molecule has 1 aromatic rings. The Balaban J connectivity index is 1.74. The van der Waals surface area contributed by atoms with E-state index in [4.69, 9.17) is 4.74 Å². The van der Waals surface area contributed by atoms with Gasteiger partial charge in [0.2, 0.25) is 0 Å². The lowest BCUT2D eigenvalue weighted by molar-refractivity contribution is 0.0531. The van der Waals surface area contributed by atoms with E-state index < -0.39 is 0 Å². The third-order valence-electron chi connectivity index (χ3n) is 5.36. The first-order chi connectivity index (χ1) is 14.3. The Labute approximate surface area is 185 Å². The van der Waals surface area contributed by atoms with Crippen LogP contribution in [0.4, 0.5) is 0 Å². The number of rotatable bonds is 9. The van der Waals surface area contributed by atoms with E-state index >= 15 is 0 Å². The summed E-state index contributed by atoms with van der Waals surface area (Å²) in [5.41, 5.74) is 0.714. The highest BCUT2D eigenvalue weighted by Gasteiger charge is 2.21. The average molecular weight is 438 g/mol. The van der Waals surface area contributed by atoms with Crippen LogP contribution < -0.4 is 10.6 Å². The maximum Gasteiger partial charge on any atom is 0.350 e. The lowest BCUT2D eigenvalue weighted by Crippen LogP contribution is -2.40. The number of aryl methyl sites for hydroxylation is 1. The third kappa shape index (κ3) is 7.54. The molecule has 0 bridgehead atoms. The number of piperidine rings is 1. The Bertz CT molecular complexity index is 696. The van der Waals surface area contributed by atoms with Crippen LogP contribution in [0, 0.1) is 18.8 Å². The van der Waals surface area contributed by atoms with Gasteiger partial charge in [0.15, 0.2) is 5.96 Å². The van der Waals surface area contributed by atoms with Crippen molar-refractivity contribution in [2.45, 2.75) is 59.9 Å². The Morgan fingerprint density at radius 3 is 2.67 bits per heavy atom. The smallest absolute Gasteiger partial charge is 0.350 e. The van der Waals surface area contributed by atoms with Gasteiger partial charge in [0, 0.05) is 26.7 Å². The van der Waals surface area contributed by atoms with Gasteiger partial charge >= 0.3 is 5.97 Å². The molecule has 1 aromatic heterocycles. The Morgan fingerprint density at radius 2 is 2.03 bits per heavy atom. The van der Waals surface area contributed by atoms with Crippen LogP contribution in [-0.4, -0.2) is 61.6 Å². The summed E-state index contributed by atoms with van der Waals surface area (Å²) in [6, 6.07) is -0.0422. The van der Waals surface area contributed by atoms with Crippen molar-refractivity contribution in [2.75, 3.05) is 39.8 Å². The molecule has 2 N–H and O–H groups in total. The van der Waals surface area contributed by atoms with Gasteiger partial charge in [-0.05, 0) is 58.4 Å². The van der Waals surface area contributed by atoms with E-state index in [0.717, 1.165) is 35.8 Å². The topological polar surface area (TPSA) is 78.8 Å². The number of ether oxygens (including phenoxy) is 1. The first kappa shape index (κ1) is 24.6. The summed E-state index contributed by atoms with van der Waals surface area (Å²) in [5.74, 6) is 2.09. The minimum Gasteiger partial charge on any atom is -0.462 e. The highest BCUT2D eigenvalue weighted by Crippen LogP contribution is 2.24. The van der Waals surface area contributed by atoms with Gasteiger partial charge in [-0.25, -0.2) is 9.78 Å². The van der Waals surface area contributed by atoms with Gasteiger partial charge in [-0.15, -0.1) is 11.3 Å². The summed E-state index contributed by atoms with van der Waals surface area (Å²) in [6.07, 6.45) is 3.66. The van der Waals surface area contributed by atoms with Crippen molar-refractivity contribution in [3.63, 3.8) is 0 Å². The number of esters is 1. The number of unbranched alkanes of at least 4 members (excludes halogenated alkanes) is 1. The minimum absolute atomic E-state index is 0.0422. The number of nitrogens with zero attached hydrogens (tertiary/aromatic N) is 3. The first-order valence-electron chi connectivity index (χ1n) is 11.2. The molecule has 2 heterocycles. The van der Waals surface area contributed by atoms with Crippen molar-refractivity contribution in [1.82, 2.24) is 20.5 Å². The van der Waals surface area contributed by atoms with Crippen LogP contribution in [0.15, 0.2) is 4.99 Å². The molecule has 1 fully saturated rings. The number of thiazole rings is 1. The molecule has 1 aliphatic rings. The first-order valence-corrected chi connectivity index (χ1v) is 12.0. The fourth-order valence-electron chi connectivity index (χ4n) is 4.09. The molecule has 170 valence electrons. The van der Waals surface area contributed by atoms with Gasteiger partial charge in [-0.1, -0.05) is 13.8 Å². The molecule has 0 spiro atoms. The minimum atomic E-state index is -0.300. The molecule has 0 amide bonds. The number of aliphatic imine (C=N–C) groups is 1. The highest BCUT2D eigenvalue weighted by atomic mass is 32.1. The maximum absolute atomic E-state index is 12.0. The standard InChI is InChI=1S/C22H39N5O2S/c1-7-29-21(28)19-17(4)25-20(30-19)18(5)26-22(23-6)24-10-8-9-11-27-13-15(2)12-16(3)14-27/h15-16,18H,7-14H2,1-6H3,(H2,23,24,26). The molecular formula is C22H39N5O2S. The zero-order valence-corrected chi connectivity index (χ0v) is 20.3. The number of hydrogen-bond donors (Lipinski definition) is 2. The van der Waals surface area contributed by atoms with Crippen molar-refractivity contribution >= 4 is 23.3 Å². The molecule has 1 aliphatic heterocycles. The van der Waals surface area contributed by atoms with Crippen molar-refractivity contribution in [2.24, 2.45) is 16.8 Å². The summed E-state index contributed by atoms with van der Waals surface area (Å²) < 4.78 is 5.11. The Morgan fingerprint density at radius 1 is 1.33 bits per heavy atom. The predicted molar refractivity (Wildman–Crippen MR) is 124 cm³/mol. The van der Waals surface area contributed by atoms with Crippen molar-refractivity contribution < 1.29 is 9.53 Å². The summed E-state index contributed by atoms with van der Waals surface area (Å²) in [4.78, 5) is 24.1. The van der Waals surface area contributed by atoms with Crippen molar-refractivity contribution in [1.29, 1.82) is 0 Å². The largest absolute Gasteiger partial charge is 0.462 e. The quantitative estimate of drug-likeness (QED) is 0.266. The lowest BCUT2D eigenvalue weighted by Gasteiger charge is -2.34. The van der Waals surface area contributed by atoms with E-state index in [9.17, 15) is 4.79 Å². The molecule has 0 radical (unpaired) electrons. The number of aromatic nitrogens is 1. The van der Waals surface area contributed by atoms with Crippen molar-refractivity contribution in [3.05, 3.63) is 15.6 Å². The van der Waals surface area contributed by atoms with Crippen LogP contribution in [0.5, 0.6) is 0 Å². The molecule has 3 unspecified atom stereocenters. The van der Waals surface area contributed by atoms with Crippen LogP contribution in [0.2, 0.25) is 0 Å². The van der Waals surface area contributed by atoms with Gasteiger partial charge in [0.05, 0.1) is 18.3 Å². The molecule has 30 heavy (non-hydrogen) atoms. The van der Waals surface area contributed by atoms with Gasteiger partial charge in [0.1, 0.15) is 9.88 Å². The molecule has 0 saturated carbocycles. The van der Waals surface area contributed by atoms with Crippen LogP contribution in [-0.2, 0) is 4.74 Å². The monoisotopic (exact) mass is 437 g/mol. The zero-order chi connectivity index (χ0) is 22.1. The van der Waals surface area contributed by atoms with E-state index in [1.807, 2.05) is 20.8 Å². The van der Waals surface area contributed by atoms with Gasteiger partial charge in [-0.2, -0.15) is 0 Å². The van der Waals surface area contributed by atoms with Crippen LogP contribution in [0.3, 0.4) is 0 Å². The summed E-state index contributed by atoms with van der Waals surface area (Å²) in [7, 11) is 1.77. The number of carbonyl (C=O) groups excluding carboxylic acids is 1. The maximum atomic E-state index is 12.0. The average Bonchev–Trinajstić information content (AvgIpc) is 3.08. The summed E-state index contributed by atoms with van der Waals surface area (Å²) >= 11 is 1.38. The van der Waals surface area contributed by atoms with E-state index in [1.165, 1.54) is 43.8 Å². The number of guanidine groups is 1. The molecule has 3 atom stereocenters. The number of hydrogen-bond acceptors (Lipinski definition) is 6. The molecule has 2 rings (SSSR count). The molecule has 1 saturated heterocycles. The zero-order valence-electron chi connectivity index (χ0n) is 19.5. The van der Waals surface area contributed by atoms with Crippen LogP contribution >= 0.6 is 11.3 Å². The van der Waals surface area contributed by atoms with Gasteiger partial charge < -0.3 is 20.3 Å². The van der Waals surface area contributed by atoms with Gasteiger partial charge in [0.25, 0.3) is 0 Å². The van der Waals surface area contributed by atoms with E-state index in [0.29, 0.717) is 17.2 Å². The number of nitrogens with one attached hydrogen (secondary N) is 2. The van der Waals surface area contributed by atoms with E-state index in [-0.39, 0.29) is 12.0 Å². The van der Waals surface area contributed by atoms with Crippen molar-refractivity contribution in [3.8, 4) is 0 Å². The molecule has 0 aromatic carbocycles. The second-order valence-corrected chi connectivity index (χ2v) is 9.50. The Hall–Kier alpha value is -1.67. The van der Waals surface area contributed by atoms with Crippen LogP contribution in [0.1, 0.15) is 73.4 Å². The Kier molecular flexibility index (Phi) is 10.0. The highest BCUT2D eigenvalue weighted by molar-refractivity contribution is 7.13. The molecular weight excluding hydrogens is 398 g/mol. The number of likely N-dealkylation sites (tertiary alicyclic amines) is 1. The van der Waals surface area contributed by atoms with E-state index in [1.54, 1.807) is 7.05 Å². The SMILES string of the molecule is CCOC(=O)c1sc(C(C)NC(=NC)NCCCCN2CC(C)CC(C)C2)nc1C. The number of carbonyl (C=O) groups is 1. The normalized spacial score (nSPS) is 21.3.